The van der Waals surface area contributed by atoms with Crippen LogP contribution in [0.5, 0.6) is 0 Å². The third-order valence-electron chi connectivity index (χ3n) is 3.64. The second kappa shape index (κ2) is 8.37. The summed E-state index contributed by atoms with van der Waals surface area (Å²) in [6.45, 7) is 3.79. The van der Waals surface area contributed by atoms with Crippen molar-refractivity contribution in [1.82, 2.24) is 4.98 Å². The number of rotatable bonds is 5. The van der Waals surface area contributed by atoms with E-state index >= 15 is 0 Å². The molecule has 2 heterocycles. The van der Waals surface area contributed by atoms with Gasteiger partial charge in [-0.2, -0.15) is 0 Å². The fourth-order valence-electron chi connectivity index (χ4n) is 2.52. The number of hydrogen-bond acceptors (Lipinski definition) is 4. The van der Waals surface area contributed by atoms with Gasteiger partial charge in [0, 0.05) is 32.1 Å². The summed E-state index contributed by atoms with van der Waals surface area (Å²) in [6.07, 6.45) is 0.953. The summed E-state index contributed by atoms with van der Waals surface area (Å²) in [7, 11) is 0. The molecule has 0 aliphatic rings. The maximum Gasteiger partial charge on any atom is 0.265 e. The van der Waals surface area contributed by atoms with E-state index in [4.69, 9.17) is 11.6 Å². The first-order valence-electron chi connectivity index (χ1n) is 8.04. The number of benzene rings is 1. The van der Waals surface area contributed by atoms with E-state index in [0.29, 0.717) is 26.0 Å². The first-order valence-corrected chi connectivity index (χ1v) is 10.2. The lowest BCUT2D eigenvalue weighted by atomic mass is 10.1. The zero-order valence-corrected chi connectivity index (χ0v) is 16.9. The minimum absolute atomic E-state index is 0.0218. The first kappa shape index (κ1) is 19.8. The van der Waals surface area contributed by atoms with Crippen LogP contribution in [0.3, 0.4) is 0 Å². The fraction of sp³-hybridized carbons (Fsp3) is 0.158. The number of thioether (sulfide) groups is 1. The zero-order valence-electron chi connectivity index (χ0n) is 14.5. The minimum atomic E-state index is -0.765. The number of nitrogens with one attached hydrogen (secondary N) is 1. The molecule has 0 radical (unpaired) electrons. The lowest BCUT2D eigenvalue weighted by Crippen LogP contribution is -2.10. The van der Waals surface area contributed by atoms with Crippen molar-refractivity contribution >= 4 is 46.3 Å². The summed E-state index contributed by atoms with van der Waals surface area (Å²) in [5.41, 5.74) is 1.08. The van der Waals surface area contributed by atoms with Crippen molar-refractivity contribution < 1.29 is 13.6 Å². The maximum absolute atomic E-state index is 14.0. The van der Waals surface area contributed by atoms with Crippen molar-refractivity contribution in [3.8, 4) is 11.3 Å². The van der Waals surface area contributed by atoms with Crippen LogP contribution in [0, 0.1) is 18.6 Å². The number of aromatic nitrogens is 1. The number of aryl methyl sites for hydroxylation is 1. The molecule has 1 N–H and O–H groups in total. The highest BCUT2D eigenvalue weighted by Crippen LogP contribution is 2.32. The Kier molecular flexibility index (Phi) is 6.14. The lowest BCUT2D eigenvalue weighted by Gasteiger charge is -2.07. The molecule has 1 amide bonds. The molecule has 140 valence electrons. The average molecular weight is 425 g/mol. The van der Waals surface area contributed by atoms with Gasteiger partial charge in [-0.3, -0.25) is 9.78 Å². The molecular formula is C19H15ClF2N2OS2. The molecule has 0 spiro atoms. The van der Waals surface area contributed by atoms with Crippen molar-refractivity contribution in [3.05, 3.63) is 62.9 Å². The van der Waals surface area contributed by atoms with E-state index in [9.17, 15) is 13.6 Å². The molecule has 0 saturated carbocycles. The highest BCUT2D eigenvalue weighted by Gasteiger charge is 2.18. The quantitative estimate of drug-likeness (QED) is 0.481. The van der Waals surface area contributed by atoms with Crippen LogP contribution in [0.25, 0.3) is 11.3 Å². The molecule has 3 aromatic rings. The van der Waals surface area contributed by atoms with Crippen LogP contribution in [-0.4, -0.2) is 16.6 Å². The largest absolute Gasteiger partial charge is 0.321 e. The Morgan fingerprint density at radius 2 is 2.04 bits per heavy atom. The number of halogens is 3. The second-order valence-electron chi connectivity index (χ2n) is 5.63. The van der Waals surface area contributed by atoms with Crippen molar-refractivity contribution in [2.45, 2.75) is 18.7 Å². The third-order valence-corrected chi connectivity index (χ3v) is 5.77. The van der Waals surface area contributed by atoms with E-state index in [1.165, 1.54) is 11.3 Å². The van der Waals surface area contributed by atoms with E-state index in [0.717, 1.165) is 22.9 Å². The monoisotopic (exact) mass is 424 g/mol. The summed E-state index contributed by atoms with van der Waals surface area (Å²) >= 11 is 8.95. The van der Waals surface area contributed by atoms with Crippen molar-refractivity contribution in [3.63, 3.8) is 0 Å². The Hall–Kier alpha value is -1.96. The maximum atomic E-state index is 14.0. The molecule has 0 fully saturated rings. The van der Waals surface area contributed by atoms with Crippen LogP contribution in [-0.2, 0) is 0 Å². The molecule has 3 rings (SSSR count). The Labute approximate surface area is 168 Å². The lowest BCUT2D eigenvalue weighted by molar-refractivity contribution is 0.103. The molecule has 3 nitrogen and oxygen atoms in total. The molecule has 0 saturated heterocycles. The molecule has 0 bridgehead atoms. The van der Waals surface area contributed by atoms with Gasteiger partial charge in [0.1, 0.15) is 11.5 Å². The highest BCUT2D eigenvalue weighted by molar-refractivity contribution is 7.99. The third kappa shape index (κ3) is 4.66. The Balaban J connectivity index is 1.86. The van der Waals surface area contributed by atoms with Crippen LogP contribution in [0.1, 0.15) is 21.5 Å². The number of nitrogens with zero attached hydrogens (tertiary/aromatic N) is 1. The predicted molar refractivity (Wildman–Crippen MR) is 108 cm³/mol. The first-order chi connectivity index (χ1) is 12.9. The van der Waals surface area contributed by atoms with Crippen LogP contribution < -0.4 is 5.32 Å². The summed E-state index contributed by atoms with van der Waals surface area (Å²) in [5, 5.41) is 3.34. The number of carbonyl (C=O) groups excluding carboxylic acids is 1. The SMILES string of the molecule is CCSc1cc(Cl)cc(NC(=O)c2cc(-c3ncc(F)cc3F)c(C)s2)c1. The van der Waals surface area contributed by atoms with Crippen molar-refractivity contribution in [2.24, 2.45) is 0 Å². The van der Waals surface area contributed by atoms with Crippen LogP contribution >= 0.6 is 34.7 Å². The zero-order chi connectivity index (χ0) is 19.6. The fourth-order valence-corrected chi connectivity index (χ4v) is 4.49. The predicted octanol–water partition coefficient (Wildman–Crippen LogP) is 6.41. The van der Waals surface area contributed by atoms with Crippen LogP contribution in [0.2, 0.25) is 5.02 Å². The molecule has 0 unspecified atom stereocenters. The van der Waals surface area contributed by atoms with E-state index < -0.39 is 11.6 Å². The molecule has 8 heteroatoms. The van der Waals surface area contributed by atoms with Crippen LogP contribution in [0.4, 0.5) is 14.5 Å². The number of thiophene rings is 1. The molecular weight excluding hydrogens is 410 g/mol. The summed E-state index contributed by atoms with van der Waals surface area (Å²) in [4.78, 5) is 18.5. The number of anilines is 1. The standard InChI is InChI=1S/C19H15ClF2N2OS2/c1-3-26-14-5-11(20)4-13(7-14)24-19(25)17-8-15(10(2)27-17)18-16(22)6-12(21)9-23-18/h4-9H,3H2,1-2H3,(H,24,25). The molecule has 0 aliphatic heterocycles. The van der Waals surface area contributed by atoms with Gasteiger partial charge in [-0.1, -0.05) is 18.5 Å². The van der Waals surface area contributed by atoms with E-state index in [1.807, 2.05) is 19.1 Å². The van der Waals surface area contributed by atoms with Gasteiger partial charge in [-0.25, -0.2) is 8.78 Å². The summed E-state index contributed by atoms with van der Waals surface area (Å²) < 4.78 is 27.1. The van der Waals surface area contributed by atoms with Gasteiger partial charge in [0.05, 0.1) is 11.1 Å². The van der Waals surface area contributed by atoms with E-state index in [1.54, 1.807) is 30.8 Å². The minimum Gasteiger partial charge on any atom is -0.321 e. The van der Waals surface area contributed by atoms with Gasteiger partial charge in [-0.05, 0) is 36.9 Å². The Morgan fingerprint density at radius 1 is 1.26 bits per heavy atom. The van der Waals surface area contributed by atoms with Gasteiger partial charge < -0.3 is 5.32 Å². The smallest absolute Gasteiger partial charge is 0.265 e. The number of amides is 1. The summed E-state index contributed by atoms with van der Waals surface area (Å²) in [6, 6.07) is 7.69. The normalized spacial score (nSPS) is 10.9. The van der Waals surface area contributed by atoms with Gasteiger partial charge in [0.25, 0.3) is 5.91 Å². The average Bonchev–Trinajstić information content (AvgIpc) is 2.96. The molecule has 0 atom stereocenters. The topological polar surface area (TPSA) is 42.0 Å². The van der Waals surface area contributed by atoms with E-state index in [2.05, 4.69) is 10.3 Å². The van der Waals surface area contributed by atoms with Gasteiger partial charge in [0.15, 0.2) is 5.82 Å². The van der Waals surface area contributed by atoms with Crippen molar-refractivity contribution in [2.75, 3.05) is 11.1 Å². The van der Waals surface area contributed by atoms with Crippen molar-refractivity contribution in [1.29, 1.82) is 0 Å². The van der Waals surface area contributed by atoms with Gasteiger partial charge in [0.2, 0.25) is 0 Å². The van der Waals surface area contributed by atoms with Gasteiger partial charge in [-0.15, -0.1) is 23.1 Å². The Bertz CT molecular complexity index is 1010. The molecule has 0 aliphatic carbocycles. The van der Waals surface area contributed by atoms with E-state index in [-0.39, 0.29) is 11.6 Å². The van der Waals surface area contributed by atoms with Gasteiger partial charge >= 0.3 is 0 Å². The second-order valence-corrected chi connectivity index (χ2v) is 8.66. The highest BCUT2D eigenvalue weighted by atomic mass is 35.5. The molecule has 2 aromatic heterocycles. The number of hydrogen-bond donors (Lipinski definition) is 1. The molecule has 27 heavy (non-hydrogen) atoms. The number of carbonyl (C=O) groups is 1. The Morgan fingerprint density at radius 3 is 2.74 bits per heavy atom. The number of pyridine rings is 1. The van der Waals surface area contributed by atoms with Crippen LogP contribution in [0.15, 0.2) is 41.4 Å². The molecule has 1 aromatic carbocycles. The summed E-state index contributed by atoms with van der Waals surface area (Å²) in [5.74, 6) is -0.952.